The molecule has 2 aliphatic rings. The molecule has 26 heavy (non-hydrogen) atoms. The molecule has 142 valence electrons. The first-order valence-electron chi connectivity index (χ1n) is 9.22. The molecule has 0 saturated heterocycles. The van der Waals surface area contributed by atoms with E-state index in [0.717, 1.165) is 18.4 Å². The number of nitrogens with one attached hydrogen (secondary N) is 2. The molecule has 0 spiro atoms. The van der Waals surface area contributed by atoms with Gasteiger partial charge in [0.2, 0.25) is 18.6 Å². The third-order valence-corrected chi connectivity index (χ3v) is 4.93. The minimum absolute atomic E-state index is 0.100. The average Bonchev–Trinajstić information content (AvgIpc) is 3.12. The summed E-state index contributed by atoms with van der Waals surface area (Å²) in [6, 6.07) is 4.36. The number of hydrogen-bond donors (Lipinski definition) is 3. The zero-order valence-electron chi connectivity index (χ0n) is 14.8. The number of carbonyl (C=O) groups is 2. The molecule has 1 fully saturated rings. The van der Waals surface area contributed by atoms with Gasteiger partial charge in [0.25, 0.3) is 0 Å². The number of hydrogen-bond acceptors (Lipinski definition) is 5. The van der Waals surface area contributed by atoms with E-state index >= 15 is 0 Å². The molecule has 7 heteroatoms. The minimum Gasteiger partial charge on any atom is -0.454 e. The van der Waals surface area contributed by atoms with Crippen molar-refractivity contribution >= 4 is 11.8 Å². The summed E-state index contributed by atoms with van der Waals surface area (Å²) in [6.07, 6.45) is 6.02. The van der Waals surface area contributed by atoms with Gasteiger partial charge in [-0.25, -0.2) is 0 Å². The second-order valence-electron chi connectivity index (χ2n) is 6.92. The van der Waals surface area contributed by atoms with Gasteiger partial charge in [0, 0.05) is 6.54 Å². The fourth-order valence-corrected chi connectivity index (χ4v) is 3.44. The Balaban J connectivity index is 1.47. The van der Waals surface area contributed by atoms with E-state index < -0.39 is 12.6 Å². The van der Waals surface area contributed by atoms with Gasteiger partial charge in [0.15, 0.2) is 11.5 Å². The van der Waals surface area contributed by atoms with Crippen molar-refractivity contribution in [3.8, 4) is 11.5 Å². The van der Waals surface area contributed by atoms with Crippen molar-refractivity contribution in [1.29, 1.82) is 0 Å². The van der Waals surface area contributed by atoms with Crippen LogP contribution in [0.25, 0.3) is 0 Å². The molecule has 7 nitrogen and oxygen atoms in total. The number of ether oxygens (including phenoxy) is 2. The van der Waals surface area contributed by atoms with Gasteiger partial charge in [-0.15, -0.1) is 0 Å². The monoisotopic (exact) mass is 362 g/mol. The van der Waals surface area contributed by atoms with Crippen molar-refractivity contribution in [3.05, 3.63) is 23.8 Å². The SMILES string of the molecule is O=C(Cc1ccc2c(c1)OCO2)N[C@@H](CO)C(=O)NCC1CCCCC1. The summed E-state index contributed by atoms with van der Waals surface area (Å²) in [5.74, 6) is 1.10. The van der Waals surface area contributed by atoms with Gasteiger partial charge < -0.3 is 25.2 Å². The molecule has 1 aromatic carbocycles. The molecule has 0 radical (unpaired) electrons. The third-order valence-electron chi connectivity index (χ3n) is 4.93. The molecule has 1 aliphatic carbocycles. The van der Waals surface area contributed by atoms with E-state index in [-0.39, 0.29) is 25.0 Å². The lowest BCUT2D eigenvalue weighted by molar-refractivity contribution is -0.129. The van der Waals surface area contributed by atoms with Gasteiger partial charge in [-0.1, -0.05) is 25.3 Å². The van der Waals surface area contributed by atoms with E-state index in [1.807, 2.05) is 0 Å². The quantitative estimate of drug-likeness (QED) is 0.676. The number of benzene rings is 1. The Kier molecular flexibility index (Phi) is 6.33. The van der Waals surface area contributed by atoms with E-state index in [0.29, 0.717) is 24.0 Å². The normalized spacial score (nSPS) is 17.6. The van der Waals surface area contributed by atoms with Crippen LogP contribution in [0.2, 0.25) is 0 Å². The lowest BCUT2D eigenvalue weighted by Crippen LogP contribution is -2.50. The Morgan fingerprint density at radius 3 is 2.69 bits per heavy atom. The number of amides is 2. The van der Waals surface area contributed by atoms with E-state index in [1.165, 1.54) is 19.3 Å². The van der Waals surface area contributed by atoms with Gasteiger partial charge in [0.1, 0.15) is 6.04 Å². The Morgan fingerprint density at radius 1 is 1.15 bits per heavy atom. The van der Waals surface area contributed by atoms with Crippen LogP contribution in [0, 0.1) is 5.92 Å². The highest BCUT2D eigenvalue weighted by Gasteiger charge is 2.22. The zero-order valence-corrected chi connectivity index (χ0v) is 14.8. The van der Waals surface area contributed by atoms with Crippen molar-refractivity contribution in [2.45, 2.75) is 44.6 Å². The highest BCUT2D eigenvalue weighted by Crippen LogP contribution is 2.32. The van der Waals surface area contributed by atoms with Crippen LogP contribution >= 0.6 is 0 Å². The van der Waals surface area contributed by atoms with Crippen molar-refractivity contribution in [2.24, 2.45) is 5.92 Å². The molecule has 1 saturated carbocycles. The second-order valence-corrected chi connectivity index (χ2v) is 6.92. The van der Waals surface area contributed by atoms with Crippen molar-refractivity contribution in [1.82, 2.24) is 10.6 Å². The largest absolute Gasteiger partial charge is 0.454 e. The van der Waals surface area contributed by atoms with E-state index in [2.05, 4.69) is 10.6 Å². The van der Waals surface area contributed by atoms with Crippen LogP contribution in [-0.4, -0.2) is 42.9 Å². The maximum absolute atomic E-state index is 12.2. The van der Waals surface area contributed by atoms with Crippen LogP contribution in [0.3, 0.4) is 0 Å². The molecule has 0 aromatic heterocycles. The van der Waals surface area contributed by atoms with Gasteiger partial charge in [-0.2, -0.15) is 0 Å². The third kappa shape index (κ3) is 4.88. The predicted molar refractivity (Wildman–Crippen MR) is 94.9 cm³/mol. The van der Waals surface area contributed by atoms with Gasteiger partial charge in [-0.3, -0.25) is 9.59 Å². The molecule has 1 heterocycles. The first-order valence-corrected chi connectivity index (χ1v) is 9.22. The van der Waals surface area contributed by atoms with E-state index in [4.69, 9.17) is 9.47 Å². The first kappa shape index (κ1) is 18.5. The summed E-state index contributed by atoms with van der Waals surface area (Å²) in [4.78, 5) is 24.5. The Hall–Kier alpha value is -2.28. The highest BCUT2D eigenvalue weighted by atomic mass is 16.7. The maximum Gasteiger partial charge on any atom is 0.244 e. The Bertz CT molecular complexity index is 643. The molecule has 2 amide bonds. The summed E-state index contributed by atoms with van der Waals surface area (Å²) in [6.45, 7) is 0.357. The molecule has 3 rings (SSSR count). The summed E-state index contributed by atoms with van der Waals surface area (Å²) in [5, 5.41) is 14.9. The molecule has 3 N–H and O–H groups in total. The van der Waals surface area contributed by atoms with Crippen LogP contribution in [0.4, 0.5) is 0 Å². The summed E-state index contributed by atoms with van der Waals surface area (Å²) < 4.78 is 10.5. The maximum atomic E-state index is 12.2. The lowest BCUT2D eigenvalue weighted by Gasteiger charge is -2.23. The van der Waals surface area contributed by atoms with E-state index in [9.17, 15) is 14.7 Å². The molecule has 1 aliphatic heterocycles. The zero-order chi connectivity index (χ0) is 18.4. The van der Waals surface area contributed by atoms with Crippen molar-refractivity contribution in [3.63, 3.8) is 0 Å². The Labute approximate surface area is 153 Å². The smallest absolute Gasteiger partial charge is 0.244 e. The van der Waals surface area contributed by atoms with Gasteiger partial charge >= 0.3 is 0 Å². The number of aliphatic hydroxyl groups excluding tert-OH is 1. The molecule has 1 aromatic rings. The second kappa shape index (κ2) is 8.89. The Morgan fingerprint density at radius 2 is 1.92 bits per heavy atom. The predicted octanol–water partition coefficient (Wildman–Crippen LogP) is 1.13. The first-order chi connectivity index (χ1) is 12.7. The summed E-state index contributed by atoms with van der Waals surface area (Å²) in [5.41, 5.74) is 0.756. The van der Waals surface area contributed by atoms with Crippen molar-refractivity contribution in [2.75, 3.05) is 19.9 Å². The van der Waals surface area contributed by atoms with Crippen molar-refractivity contribution < 1.29 is 24.2 Å². The molecular weight excluding hydrogens is 336 g/mol. The number of carbonyl (C=O) groups excluding carboxylic acids is 2. The highest BCUT2D eigenvalue weighted by molar-refractivity contribution is 5.88. The van der Waals surface area contributed by atoms with Crippen LogP contribution < -0.4 is 20.1 Å². The summed E-state index contributed by atoms with van der Waals surface area (Å²) >= 11 is 0. The number of rotatable bonds is 7. The minimum atomic E-state index is -0.930. The fraction of sp³-hybridized carbons (Fsp3) is 0.579. The molecule has 1 atom stereocenters. The van der Waals surface area contributed by atoms with Gasteiger partial charge in [-0.05, 0) is 36.5 Å². The number of fused-ring (bicyclic) bond motifs is 1. The molecular formula is C19H26N2O5. The van der Waals surface area contributed by atoms with E-state index in [1.54, 1.807) is 18.2 Å². The lowest BCUT2D eigenvalue weighted by atomic mass is 9.89. The molecule has 0 unspecified atom stereocenters. The topological polar surface area (TPSA) is 96.9 Å². The molecule has 0 bridgehead atoms. The summed E-state index contributed by atoms with van der Waals surface area (Å²) in [7, 11) is 0. The van der Waals surface area contributed by atoms with Crippen LogP contribution in [0.1, 0.15) is 37.7 Å². The van der Waals surface area contributed by atoms with Crippen LogP contribution in [0.15, 0.2) is 18.2 Å². The van der Waals surface area contributed by atoms with Crippen LogP contribution in [0.5, 0.6) is 11.5 Å². The van der Waals surface area contributed by atoms with Crippen LogP contribution in [-0.2, 0) is 16.0 Å². The number of aliphatic hydroxyl groups is 1. The standard InChI is InChI=1S/C19H26N2O5/c22-11-15(19(24)20-10-13-4-2-1-3-5-13)21-18(23)9-14-6-7-16-17(8-14)26-12-25-16/h6-8,13,15,22H,1-5,9-12H2,(H,20,24)(H,21,23)/t15-/m0/s1. The fourth-order valence-electron chi connectivity index (χ4n) is 3.44. The van der Waals surface area contributed by atoms with Gasteiger partial charge in [0.05, 0.1) is 13.0 Å². The average molecular weight is 362 g/mol.